The van der Waals surface area contributed by atoms with Crippen molar-refractivity contribution in [3.63, 3.8) is 0 Å². The first-order chi connectivity index (χ1) is 6.77. The fraction of sp³-hybridized carbons (Fsp3) is 0.364. The van der Waals surface area contributed by atoms with E-state index in [1.54, 1.807) is 0 Å². The Morgan fingerprint density at radius 2 is 2.29 bits per heavy atom. The second-order valence-electron chi connectivity index (χ2n) is 2.97. The second-order valence-corrected chi connectivity index (χ2v) is 2.97. The van der Waals surface area contributed by atoms with E-state index in [9.17, 15) is 0 Å². The molecule has 0 aliphatic heterocycles. The van der Waals surface area contributed by atoms with Gasteiger partial charge in [-0.2, -0.15) is 0 Å². The molecule has 0 aliphatic rings. The van der Waals surface area contributed by atoms with Crippen molar-refractivity contribution in [1.82, 2.24) is 0 Å². The third-order valence-electron chi connectivity index (χ3n) is 1.96. The third kappa shape index (κ3) is 2.85. The van der Waals surface area contributed by atoms with Gasteiger partial charge in [0.1, 0.15) is 6.73 Å². The Hall–Kier alpha value is -1.35. The van der Waals surface area contributed by atoms with Crippen molar-refractivity contribution in [3.8, 4) is 0 Å². The number of nitrogens with one attached hydrogen (secondary N) is 1. The van der Waals surface area contributed by atoms with Gasteiger partial charge in [0.25, 0.3) is 0 Å². The van der Waals surface area contributed by atoms with E-state index in [1.807, 2.05) is 32.0 Å². The highest BCUT2D eigenvalue weighted by molar-refractivity contribution is 5.60. The van der Waals surface area contributed by atoms with Crippen LogP contribution in [0.25, 0.3) is 0 Å². The molecule has 1 rings (SSSR count). The lowest BCUT2D eigenvalue weighted by molar-refractivity contribution is 0.167. The molecule has 0 saturated carbocycles. The standard InChI is InChI=1S/C11H16N2O/c1-4-14-8-13-10-6-5-9(2)11(7-10)12-3/h5-7,13H,3-4,8H2,1-2H3. The number of hydrogen-bond donors (Lipinski definition) is 1. The van der Waals surface area contributed by atoms with Crippen molar-refractivity contribution >= 4 is 18.1 Å². The van der Waals surface area contributed by atoms with Crippen molar-refractivity contribution in [1.29, 1.82) is 0 Å². The highest BCUT2D eigenvalue weighted by atomic mass is 16.5. The molecule has 1 N–H and O–H groups in total. The maximum absolute atomic E-state index is 5.18. The van der Waals surface area contributed by atoms with Gasteiger partial charge in [-0.15, -0.1) is 0 Å². The van der Waals surface area contributed by atoms with E-state index in [0.717, 1.165) is 16.9 Å². The molecule has 0 radical (unpaired) electrons. The van der Waals surface area contributed by atoms with Gasteiger partial charge in [0.05, 0.1) is 5.69 Å². The van der Waals surface area contributed by atoms with Crippen LogP contribution >= 0.6 is 0 Å². The summed E-state index contributed by atoms with van der Waals surface area (Å²) in [6.45, 7) is 8.73. The Balaban J connectivity index is 2.64. The maximum Gasteiger partial charge on any atom is 0.116 e. The van der Waals surface area contributed by atoms with Crippen LogP contribution < -0.4 is 5.32 Å². The molecule has 3 nitrogen and oxygen atoms in total. The highest BCUT2D eigenvalue weighted by Gasteiger charge is 1.97. The molecule has 0 spiro atoms. The van der Waals surface area contributed by atoms with Gasteiger partial charge >= 0.3 is 0 Å². The molecule has 0 heterocycles. The normalized spacial score (nSPS) is 9.86. The predicted molar refractivity (Wildman–Crippen MR) is 60.5 cm³/mol. The lowest BCUT2D eigenvalue weighted by atomic mass is 10.2. The minimum atomic E-state index is 0.524. The molecule has 0 aromatic heterocycles. The molecule has 0 saturated heterocycles. The van der Waals surface area contributed by atoms with E-state index < -0.39 is 0 Å². The smallest absolute Gasteiger partial charge is 0.116 e. The largest absolute Gasteiger partial charge is 0.363 e. The monoisotopic (exact) mass is 192 g/mol. The maximum atomic E-state index is 5.18. The van der Waals surface area contributed by atoms with Crippen LogP contribution in [0.1, 0.15) is 12.5 Å². The van der Waals surface area contributed by atoms with Crippen molar-refractivity contribution in [2.75, 3.05) is 18.7 Å². The van der Waals surface area contributed by atoms with Gasteiger partial charge in [0.2, 0.25) is 0 Å². The van der Waals surface area contributed by atoms with Crippen molar-refractivity contribution < 1.29 is 4.74 Å². The molecule has 0 amide bonds. The number of rotatable bonds is 5. The van der Waals surface area contributed by atoms with E-state index in [1.165, 1.54) is 0 Å². The summed E-state index contributed by atoms with van der Waals surface area (Å²) >= 11 is 0. The summed E-state index contributed by atoms with van der Waals surface area (Å²) < 4.78 is 5.18. The van der Waals surface area contributed by atoms with Gasteiger partial charge in [-0.25, -0.2) is 0 Å². The summed E-state index contributed by atoms with van der Waals surface area (Å²) in [4.78, 5) is 3.93. The number of aliphatic imine (C=N–C) groups is 1. The van der Waals surface area contributed by atoms with Gasteiger partial charge in [-0.3, -0.25) is 4.99 Å². The molecule has 1 aromatic rings. The van der Waals surface area contributed by atoms with Gasteiger partial charge in [0, 0.05) is 12.3 Å². The molecule has 1 aromatic carbocycles. The lowest BCUT2D eigenvalue weighted by Gasteiger charge is -2.07. The van der Waals surface area contributed by atoms with Crippen LogP contribution in [-0.4, -0.2) is 20.1 Å². The minimum absolute atomic E-state index is 0.524. The van der Waals surface area contributed by atoms with Gasteiger partial charge in [-0.1, -0.05) is 6.07 Å². The van der Waals surface area contributed by atoms with E-state index in [2.05, 4.69) is 17.0 Å². The first kappa shape index (κ1) is 10.7. The first-order valence-electron chi connectivity index (χ1n) is 4.67. The average molecular weight is 192 g/mol. The highest BCUT2D eigenvalue weighted by Crippen LogP contribution is 2.22. The number of aryl methyl sites for hydroxylation is 1. The van der Waals surface area contributed by atoms with Crippen LogP contribution in [-0.2, 0) is 4.74 Å². The SMILES string of the molecule is C=Nc1cc(NCOCC)ccc1C. The van der Waals surface area contributed by atoms with Crippen LogP contribution in [0.3, 0.4) is 0 Å². The first-order valence-corrected chi connectivity index (χ1v) is 4.67. The Bertz CT molecular complexity index is 310. The van der Waals surface area contributed by atoms with Crippen LogP contribution in [0.2, 0.25) is 0 Å². The van der Waals surface area contributed by atoms with Gasteiger partial charge in [0.15, 0.2) is 0 Å². The minimum Gasteiger partial charge on any atom is -0.363 e. The van der Waals surface area contributed by atoms with Crippen molar-refractivity contribution in [2.45, 2.75) is 13.8 Å². The summed E-state index contributed by atoms with van der Waals surface area (Å²) in [5, 5.41) is 3.14. The molecule has 0 unspecified atom stereocenters. The average Bonchev–Trinajstić information content (AvgIpc) is 2.21. The van der Waals surface area contributed by atoms with Gasteiger partial charge < -0.3 is 10.1 Å². The Labute approximate surface area is 84.8 Å². The fourth-order valence-corrected chi connectivity index (χ4v) is 1.13. The summed E-state index contributed by atoms with van der Waals surface area (Å²) in [6.07, 6.45) is 0. The molecular weight excluding hydrogens is 176 g/mol. The molecule has 0 atom stereocenters. The van der Waals surface area contributed by atoms with Crippen LogP contribution in [0.15, 0.2) is 23.2 Å². The second kappa shape index (κ2) is 5.40. The third-order valence-corrected chi connectivity index (χ3v) is 1.96. The lowest BCUT2D eigenvalue weighted by Crippen LogP contribution is -2.05. The van der Waals surface area contributed by atoms with Crippen LogP contribution in [0, 0.1) is 6.92 Å². The van der Waals surface area contributed by atoms with E-state index in [4.69, 9.17) is 4.74 Å². The van der Waals surface area contributed by atoms with Crippen LogP contribution in [0.4, 0.5) is 11.4 Å². The molecule has 0 aliphatic carbocycles. The number of nitrogens with zero attached hydrogens (tertiary/aromatic N) is 1. The molecule has 76 valence electrons. The van der Waals surface area contributed by atoms with E-state index in [0.29, 0.717) is 13.3 Å². The topological polar surface area (TPSA) is 33.6 Å². The quantitative estimate of drug-likeness (QED) is 0.442. The molecule has 0 fully saturated rings. The summed E-state index contributed by atoms with van der Waals surface area (Å²) in [7, 11) is 0. The van der Waals surface area contributed by atoms with Crippen molar-refractivity contribution in [2.24, 2.45) is 4.99 Å². The number of anilines is 1. The molecular formula is C11H16N2O. The Morgan fingerprint density at radius 1 is 1.50 bits per heavy atom. The van der Waals surface area contributed by atoms with E-state index in [-0.39, 0.29) is 0 Å². The zero-order chi connectivity index (χ0) is 10.4. The zero-order valence-electron chi connectivity index (χ0n) is 8.71. The number of ether oxygens (including phenoxy) is 1. The summed E-state index contributed by atoms with van der Waals surface area (Å²) in [5.74, 6) is 0. The molecule has 0 bridgehead atoms. The van der Waals surface area contributed by atoms with Crippen molar-refractivity contribution in [3.05, 3.63) is 23.8 Å². The Morgan fingerprint density at radius 3 is 2.93 bits per heavy atom. The van der Waals surface area contributed by atoms with Crippen LogP contribution in [0.5, 0.6) is 0 Å². The predicted octanol–water partition coefficient (Wildman–Crippen LogP) is 2.73. The number of hydrogen-bond acceptors (Lipinski definition) is 3. The summed E-state index contributed by atoms with van der Waals surface area (Å²) in [5.41, 5.74) is 3.04. The molecule has 3 heteroatoms. The van der Waals surface area contributed by atoms with E-state index >= 15 is 0 Å². The number of benzene rings is 1. The summed E-state index contributed by atoms with van der Waals surface area (Å²) in [6, 6.07) is 5.97. The zero-order valence-corrected chi connectivity index (χ0v) is 8.71. The fourth-order valence-electron chi connectivity index (χ4n) is 1.13. The van der Waals surface area contributed by atoms with Gasteiger partial charge in [-0.05, 0) is 38.3 Å². The molecule has 14 heavy (non-hydrogen) atoms. The Kier molecular flexibility index (Phi) is 4.13.